The maximum Gasteiger partial charge on any atom is 0.295 e. The van der Waals surface area contributed by atoms with Crippen molar-refractivity contribution in [2.45, 2.75) is 39.0 Å². The van der Waals surface area contributed by atoms with Crippen molar-refractivity contribution < 1.29 is 28.9 Å². The molecule has 1 saturated heterocycles. The maximum absolute atomic E-state index is 13.4. The van der Waals surface area contributed by atoms with Crippen LogP contribution in [0.1, 0.15) is 42.1 Å². The number of pyridine rings is 1. The molecule has 5 rings (SSSR count). The van der Waals surface area contributed by atoms with Gasteiger partial charge in [-0.2, -0.15) is 0 Å². The Hall–Kier alpha value is -4.33. The zero-order chi connectivity index (χ0) is 26.1. The van der Waals surface area contributed by atoms with Gasteiger partial charge < -0.3 is 24.2 Å². The normalized spacial score (nSPS) is 20.0. The number of carbonyl (C=O) groups is 2. The maximum atomic E-state index is 13.4. The second-order valence-corrected chi connectivity index (χ2v) is 9.09. The number of Topliss-reactive ketones (excluding diaryl/α,β-unsaturated/α-hetero) is 1. The van der Waals surface area contributed by atoms with Crippen LogP contribution in [-0.2, 0) is 22.6 Å². The first-order valence-electron chi connectivity index (χ1n) is 12.2. The first-order chi connectivity index (χ1) is 17.9. The standard InChI is InChI=1S/C29H28N2O6/c1-4-36-23-10-7-19(14-24(23)35-3)26-25(27(32)20-8-9-22-21(13-20)12-17(2)37-22)28(33)29(34)31(26)16-18-6-5-11-30-15-18/h5-11,13-15,17,26,32H,4,12,16H2,1-3H3/b27-25+. The molecule has 2 atom stereocenters. The Balaban J connectivity index is 1.64. The number of ketones is 1. The zero-order valence-corrected chi connectivity index (χ0v) is 20.9. The van der Waals surface area contributed by atoms with E-state index in [0.29, 0.717) is 35.7 Å². The van der Waals surface area contributed by atoms with Crippen molar-refractivity contribution in [1.29, 1.82) is 0 Å². The molecule has 2 aliphatic rings. The van der Waals surface area contributed by atoms with Crippen LogP contribution in [0.5, 0.6) is 17.2 Å². The molecule has 1 N–H and O–H groups in total. The molecule has 2 aliphatic heterocycles. The number of likely N-dealkylation sites (tertiary alicyclic amines) is 1. The van der Waals surface area contributed by atoms with Gasteiger partial charge in [-0.05, 0) is 66.9 Å². The lowest BCUT2D eigenvalue weighted by Crippen LogP contribution is -2.29. The molecule has 2 aromatic carbocycles. The summed E-state index contributed by atoms with van der Waals surface area (Å²) in [5, 5.41) is 11.5. The average Bonchev–Trinajstić information content (AvgIpc) is 3.40. The molecule has 190 valence electrons. The Morgan fingerprint density at radius 3 is 2.73 bits per heavy atom. The Kier molecular flexibility index (Phi) is 6.56. The summed E-state index contributed by atoms with van der Waals surface area (Å²) in [5.74, 6) is 0.104. The third-order valence-electron chi connectivity index (χ3n) is 6.59. The quantitative estimate of drug-likeness (QED) is 0.291. The van der Waals surface area contributed by atoms with Crippen molar-refractivity contribution in [3.8, 4) is 17.2 Å². The van der Waals surface area contributed by atoms with Crippen molar-refractivity contribution in [2.24, 2.45) is 0 Å². The number of aromatic nitrogens is 1. The summed E-state index contributed by atoms with van der Waals surface area (Å²) >= 11 is 0. The van der Waals surface area contributed by atoms with Gasteiger partial charge in [0.25, 0.3) is 11.7 Å². The molecule has 0 bridgehead atoms. The fourth-order valence-corrected chi connectivity index (χ4v) is 4.93. The summed E-state index contributed by atoms with van der Waals surface area (Å²) < 4.78 is 17.0. The number of hydrogen-bond donors (Lipinski definition) is 1. The third-order valence-corrected chi connectivity index (χ3v) is 6.59. The zero-order valence-electron chi connectivity index (χ0n) is 20.9. The van der Waals surface area contributed by atoms with Crippen molar-refractivity contribution in [3.05, 3.63) is 88.8 Å². The van der Waals surface area contributed by atoms with Crippen LogP contribution in [0.3, 0.4) is 0 Å². The largest absolute Gasteiger partial charge is 0.507 e. The van der Waals surface area contributed by atoms with Crippen LogP contribution in [0.15, 0.2) is 66.5 Å². The highest BCUT2D eigenvalue weighted by atomic mass is 16.5. The predicted octanol–water partition coefficient (Wildman–Crippen LogP) is 4.43. The molecule has 1 amide bonds. The molecular weight excluding hydrogens is 472 g/mol. The number of fused-ring (bicyclic) bond motifs is 1. The lowest BCUT2D eigenvalue weighted by atomic mass is 9.94. The molecular formula is C29H28N2O6. The van der Waals surface area contributed by atoms with Gasteiger partial charge in [0, 0.05) is 30.9 Å². The molecule has 1 fully saturated rings. The number of carbonyl (C=O) groups excluding carboxylic acids is 2. The van der Waals surface area contributed by atoms with Gasteiger partial charge in [0.1, 0.15) is 17.6 Å². The van der Waals surface area contributed by atoms with E-state index in [1.54, 1.807) is 48.8 Å². The number of rotatable bonds is 7. The van der Waals surface area contributed by atoms with Gasteiger partial charge in [0.05, 0.1) is 25.3 Å². The van der Waals surface area contributed by atoms with E-state index in [1.165, 1.54) is 12.0 Å². The topological polar surface area (TPSA) is 98.2 Å². The average molecular weight is 501 g/mol. The van der Waals surface area contributed by atoms with Gasteiger partial charge in [-0.1, -0.05) is 12.1 Å². The van der Waals surface area contributed by atoms with E-state index in [1.807, 2.05) is 26.0 Å². The minimum Gasteiger partial charge on any atom is -0.507 e. The Morgan fingerprint density at radius 1 is 1.16 bits per heavy atom. The van der Waals surface area contributed by atoms with E-state index >= 15 is 0 Å². The summed E-state index contributed by atoms with van der Waals surface area (Å²) in [7, 11) is 1.53. The fourth-order valence-electron chi connectivity index (χ4n) is 4.93. The molecule has 3 aromatic rings. The Bertz CT molecular complexity index is 1380. The molecule has 0 saturated carbocycles. The van der Waals surface area contributed by atoms with Crippen molar-refractivity contribution in [1.82, 2.24) is 9.88 Å². The minimum absolute atomic E-state index is 0.0204. The van der Waals surface area contributed by atoms with Crippen LogP contribution in [-0.4, -0.2) is 46.5 Å². The Morgan fingerprint density at radius 2 is 2.00 bits per heavy atom. The molecule has 0 spiro atoms. The van der Waals surface area contributed by atoms with Crippen LogP contribution < -0.4 is 14.2 Å². The first kappa shape index (κ1) is 24.4. The minimum atomic E-state index is -0.840. The van der Waals surface area contributed by atoms with Gasteiger partial charge in [-0.25, -0.2) is 0 Å². The van der Waals surface area contributed by atoms with Crippen molar-refractivity contribution in [2.75, 3.05) is 13.7 Å². The van der Waals surface area contributed by atoms with Crippen LogP contribution in [0.4, 0.5) is 0 Å². The molecule has 8 nitrogen and oxygen atoms in total. The highest BCUT2D eigenvalue weighted by Gasteiger charge is 2.46. The van der Waals surface area contributed by atoms with Crippen LogP contribution in [0, 0.1) is 0 Å². The third kappa shape index (κ3) is 4.50. The lowest BCUT2D eigenvalue weighted by Gasteiger charge is -2.26. The number of methoxy groups -OCH3 is 1. The smallest absolute Gasteiger partial charge is 0.295 e. The first-order valence-corrected chi connectivity index (χ1v) is 12.2. The highest BCUT2D eigenvalue weighted by Crippen LogP contribution is 2.43. The van der Waals surface area contributed by atoms with E-state index in [0.717, 1.165) is 16.9 Å². The second kappa shape index (κ2) is 9.97. The van der Waals surface area contributed by atoms with Gasteiger partial charge in [-0.3, -0.25) is 14.6 Å². The predicted molar refractivity (Wildman–Crippen MR) is 136 cm³/mol. The van der Waals surface area contributed by atoms with Gasteiger partial charge >= 0.3 is 0 Å². The molecule has 37 heavy (non-hydrogen) atoms. The van der Waals surface area contributed by atoms with Gasteiger partial charge in [0.2, 0.25) is 0 Å². The summed E-state index contributed by atoms with van der Waals surface area (Å²) in [5.41, 5.74) is 2.80. The molecule has 8 heteroatoms. The van der Waals surface area contributed by atoms with E-state index in [-0.39, 0.29) is 24.0 Å². The van der Waals surface area contributed by atoms with Gasteiger partial charge in [-0.15, -0.1) is 0 Å². The molecule has 1 aromatic heterocycles. The molecule has 3 heterocycles. The summed E-state index contributed by atoms with van der Waals surface area (Å²) in [6, 6.07) is 13.3. The molecule has 0 radical (unpaired) electrons. The number of amides is 1. The molecule has 2 unspecified atom stereocenters. The number of hydrogen-bond acceptors (Lipinski definition) is 7. The van der Waals surface area contributed by atoms with Crippen LogP contribution >= 0.6 is 0 Å². The number of nitrogens with zero attached hydrogens (tertiary/aromatic N) is 2. The van der Waals surface area contributed by atoms with E-state index in [4.69, 9.17) is 14.2 Å². The van der Waals surface area contributed by atoms with Crippen molar-refractivity contribution >= 4 is 17.4 Å². The number of aliphatic hydroxyl groups excluding tert-OH is 1. The summed E-state index contributed by atoms with van der Waals surface area (Å²) in [6.45, 7) is 4.45. The second-order valence-electron chi connectivity index (χ2n) is 9.09. The molecule has 0 aliphatic carbocycles. The van der Waals surface area contributed by atoms with Crippen LogP contribution in [0.25, 0.3) is 5.76 Å². The highest BCUT2D eigenvalue weighted by molar-refractivity contribution is 6.46. The monoisotopic (exact) mass is 500 g/mol. The van der Waals surface area contributed by atoms with Crippen molar-refractivity contribution in [3.63, 3.8) is 0 Å². The van der Waals surface area contributed by atoms with Gasteiger partial charge in [0.15, 0.2) is 11.5 Å². The van der Waals surface area contributed by atoms with E-state index in [9.17, 15) is 14.7 Å². The number of ether oxygens (including phenoxy) is 3. The fraction of sp³-hybridized carbons (Fsp3) is 0.276. The van der Waals surface area contributed by atoms with E-state index < -0.39 is 17.7 Å². The SMILES string of the molecule is CCOc1ccc(C2/C(=C(\O)c3ccc4c(c3)CC(C)O4)C(=O)C(=O)N2Cc2cccnc2)cc1OC. The number of benzene rings is 2. The van der Waals surface area contributed by atoms with Crippen LogP contribution in [0.2, 0.25) is 0 Å². The lowest BCUT2D eigenvalue weighted by molar-refractivity contribution is -0.140. The number of aliphatic hydroxyl groups is 1. The summed E-state index contributed by atoms with van der Waals surface area (Å²) in [6.07, 6.45) is 4.03. The van der Waals surface area contributed by atoms with E-state index in [2.05, 4.69) is 4.98 Å². The summed E-state index contributed by atoms with van der Waals surface area (Å²) in [4.78, 5) is 32.3. The Labute approximate surface area is 215 Å².